The summed E-state index contributed by atoms with van der Waals surface area (Å²) in [7, 11) is 0.539. The third-order valence-corrected chi connectivity index (χ3v) is 6.96. The molecule has 0 bridgehead atoms. The van der Waals surface area contributed by atoms with Crippen LogP contribution in [-0.2, 0) is 0 Å². The molecule has 0 heterocycles. The summed E-state index contributed by atoms with van der Waals surface area (Å²) in [5.74, 6) is 1.89. The molecule has 2 heteroatoms. The zero-order valence-electron chi connectivity index (χ0n) is 18.3. The fraction of sp³-hybridized carbons (Fsp3) is 0.0323. The van der Waals surface area contributed by atoms with Gasteiger partial charge in [-0.25, -0.2) is 0 Å². The second-order valence-corrected chi connectivity index (χ2v) is 9.25. The molecule has 0 amide bonds. The Morgan fingerprint density at radius 1 is 0.455 bits per heavy atom. The molecule has 160 valence electrons. The van der Waals surface area contributed by atoms with E-state index < -0.39 is 0 Å². The highest BCUT2D eigenvalue weighted by molar-refractivity contribution is 7.55. The lowest BCUT2D eigenvalue weighted by molar-refractivity contribution is 0.479. The zero-order valence-corrected chi connectivity index (χ0v) is 19.3. The van der Waals surface area contributed by atoms with Crippen LogP contribution >= 0.6 is 8.58 Å². The van der Waals surface area contributed by atoms with E-state index in [2.05, 4.69) is 127 Å². The van der Waals surface area contributed by atoms with Crippen molar-refractivity contribution in [2.75, 3.05) is 0 Å². The normalized spacial score (nSPS) is 11.2. The summed E-state index contributed by atoms with van der Waals surface area (Å²) >= 11 is 0. The van der Waals surface area contributed by atoms with Crippen LogP contribution in [0.25, 0.3) is 0 Å². The summed E-state index contributed by atoms with van der Waals surface area (Å²) in [6, 6.07) is 48.7. The molecule has 0 spiro atoms. The molecular weight excluding hydrogens is 419 g/mol. The lowest BCUT2D eigenvalue weighted by Crippen LogP contribution is -2.08. The highest BCUT2D eigenvalue weighted by atomic mass is 31.1. The van der Waals surface area contributed by atoms with Crippen molar-refractivity contribution < 1.29 is 4.74 Å². The Labute approximate surface area is 197 Å². The molecule has 0 saturated heterocycles. The van der Waals surface area contributed by atoms with Crippen molar-refractivity contribution in [1.82, 2.24) is 0 Å². The highest BCUT2D eigenvalue weighted by Crippen LogP contribution is 2.39. The summed E-state index contributed by atoms with van der Waals surface area (Å²) in [6.45, 7) is 0. The SMILES string of the molecule is c1ccc(Pc2ccccc2Oc2ccccc2C(c2ccccc2)c2ccccc2)cc1. The van der Waals surface area contributed by atoms with Crippen LogP contribution < -0.4 is 15.3 Å². The van der Waals surface area contributed by atoms with Crippen LogP contribution in [0.4, 0.5) is 0 Å². The van der Waals surface area contributed by atoms with Gasteiger partial charge in [0.15, 0.2) is 0 Å². The molecule has 1 unspecified atom stereocenters. The van der Waals surface area contributed by atoms with Gasteiger partial charge >= 0.3 is 0 Å². The predicted octanol–water partition coefficient (Wildman–Crippen LogP) is 7.29. The van der Waals surface area contributed by atoms with Crippen molar-refractivity contribution >= 4 is 19.2 Å². The molecule has 0 saturated carbocycles. The van der Waals surface area contributed by atoms with E-state index in [1.165, 1.54) is 21.7 Å². The Bertz CT molecular complexity index is 1260. The minimum atomic E-state index is 0.0901. The van der Waals surface area contributed by atoms with Crippen LogP contribution in [0.1, 0.15) is 22.6 Å². The summed E-state index contributed by atoms with van der Waals surface area (Å²) in [6.07, 6.45) is 0. The second kappa shape index (κ2) is 10.3. The lowest BCUT2D eigenvalue weighted by atomic mass is 9.85. The number of hydrogen-bond donors (Lipinski definition) is 0. The van der Waals surface area contributed by atoms with Gasteiger partial charge in [0.2, 0.25) is 0 Å². The van der Waals surface area contributed by atoms with Crippen LogP contribution in [0.3, 0.4) is 0 Å². The van der Waals surface area contributed by atoms with Gasteiger partial charge in [-0.15, -0.1) is 0 Å². The molecule has 33 heavy (non-hydrogen) atoms. The number of benzene rings is 5. The third kappa shape index (κ3) is 5.06. The molecular formula is C31H25OP. The average Bonchev–Trinajstić information content (AvgIpc) is 2.88. The molecule has 0 aromatic heterocycles. The fourth-order valence-corrected chi connectivity index (χ4v) is 5.22. The largest absolute Gasteiger partial charge is 0.456 e. The van der Waals surface area contributed by atoms with Gasteiger partial charge in [-0.3, -0.25) is 0 Å². The van der Waals surface area contributed by atoms with Crippen molar-refractivity contribution in [2.24, 2.45) is 0 Å². The third-order valence-electron chi connectivity index (χ3n) is 5.66. The van der Waals surface area contributed by atoms with Crippen LogP contribution in [0, 0.1) is 0 Å². The first-order chi connectivity index (χ1) is 16.4. The standard InChI is InChI=1S/C31H25OP/c1-4-14-24(15-5-1)31(25-16-6-2-7-17-25)27-20-10-11-21-28(27)32-29-22-12-13-23-30(29)33-26-18-8-3-9-19-26/h1-23,31,33H. The maximum atomic E-state index is 6.64. The lowest BCUT2D eigenvalue weighted by Gasteiger charge is -2.22. The second-order valence-electron chi connectivity index (χ2n) is 7.88. The molecule has 0 aliphatic heterocycles. The van der Waals surface area contributed by atoms with Crippen molar-refractivity contribution in [3.63, 3.8) is 0 Å². The maximum Gasteiger partial charge on any atom is 0.135 e. The molecule has 0 fully saturated rings. The first kappa shape index (κ1) is 21.2. The predicted molar refractivity (Wildman–Crippen MR) is 141 cm³/mol. The highest BCUT2D eigenvalue weighted by Gasteiger charge is 2.21. The Morgan fingerprint density at radius 2 is 0.939 bits per heavy atom. The van der Waals surface area contributed by atoms with E-state index >= 15 is 0 Å². The van der Waals surface area contributed by atoms with Gasteiger partial charge < -0.3 is 4.74 Å². The molecule has 1 nitrogen and oxygen atoms in total. The van der Waals surface area contributed by atoms with Gasteiger partial charge in [-0.05, 0) is 28.6 Å². The van der Waals surface area contributed by atoms with Gasteiger partial charge in [-0.1, -0.05) is 136 Å². The van der Waals surface area contributed by atoms with E-state index in [4.69, 9.17) is 4.74 Å². The topological polar surface area (TPSA) is 9.23 Å². The van der Waals surface area contributed by atoms with Gasteiger partial charge in [0.05, 0.1) is 0 Å². The Hall–Kier alpha value is -3.67. The Kier molecular flexibility index (Phi) is 6.61. The first-order valence-electron chi connectivity index (χ1n) is 11.2. The summed E-state index contributed by atoms with van der Waals surface area (Å²) in [5.41, 5.74) is 3.66. The smallest absolute Gasteiger partial charge is 0.135 e. The van der Waals surface area contributed by atoms with Crippen molar-refractivity contribution in [1.29, 1.82) is 0 Å². The average molecular weight is 445 g/mol. The van der Waals surface area contributed by atoms with Crippen molar-refractivity contribution in [2.45, 2.75) is 5.92 Å². The van der Waals surface area contributed by atoms with E-state index in [1.807, 2.05) is 12.1 Å². The van der Waals surface area contributed by atoms with Gasteiger partial charge in [0.1, 0.15) is 11.5 Å². The van der Waals surface area contributed by atoms with Crippen LogP contribution in [0.5, 0.6) is 11.5 Å². The van der Waals surface area contributed by atoms with Crippen LogP contribution in [-0.4, -0.2) is 0 Å². The van der Waals surface area contributed by atoms with E-state index in [-0.39, 0.29) is 5.92 Å². The number of para-hydroxylation sites is 2. The summed E-state index contributed by atoms with van der Waals surface area (Å²) < 4.78 is 6.64. The van der Waals surface area contributed by atoms with Gasteiger partial charge in [0.25, 0.3) is 0 Å². The van der Waals surface area contributed by atoms with Crippen LogP contribution in [0.2, 0.25) is 0 Å². The maximum absolute atomic E-state index is 6.64. The molecule has 0 aliphatic rings. The van der Waals surface area contributed by atoms with Crippen molar-refractivity contribution in [3.05, 3.63) is 156 Å². The molecule has 5 aromatic rings. The van der Waals surface area contributed by atoms with E-state index in [0.29, 0.717) is 8.58 Å². The molecule has 0 radical (unpaired) electrons. The van der Waals surface area contributed by atoms with Gasteiger partial charge in [-0.2, -0.15) is 0 Å². The van der Waals surface area contributed by atoms with E-state index in [9.17, 15) is 0 Å². The van der Waals surface area contributed by atoms with E-state index in [1.54, 1.807) is 0 Å². The summed E-state index contributed by atoms with van der Waals surface area (Å²) in [4.78, 5) is 0. The van der Waals surface area contributed by atoms with E-state index in [0.717, 1.165) is 17.1 Å². The van der Waals surface area contributed by atoms with Crippen molar-refractivity contribution in [3.8, 4) is 11.5 Å². The molecule has 0 aliphatic carbocycles. The number of rotatable bonds is 7. The Morgan fingerprint density at radius 3 is 1.58 bits per heavy atom. The monoisotopic (exact) mass is 444 g/mol. The van der Waals surface area contributed by atoms with Crippen LogP contribution in [0.15, 0.2) is 140 Å². The molecule has 5 rings (SSSR count). The minimum Gasteiger partial charge on any atom is -0.456 e. The molecule has 0 N–H and O–H groups in total. The number of hydrogen-bond acceptors (Lipinski definition) is 1. The molecule has 5 aromatic carbocycles. The summed E-state index contributed by atoms with van der Waals surface area (Å²) in [5, 5.41) is 2.50. The fourth-order valence-electron chi connectivity index (χ4n) is 4.11. The first-order valence-corrected chi connectivity index (χ1v) is 12.2. The van der Waals surface area contributed by atoms with Gasteiger partial charge in [0, 0.05) is 16.8 Å². The Balaban J connectivity index is 1.55. The zero-order chi connectivity index (χ0) is 22.3. The minimum absolute atomic E-state index is 0.0901. The molecule has 1 atom stereocenters. The quantitative estimate of drug-likeness (QED) is 0.189. The number of ether oxygens (including phenoxy) is 1.